The molecule has 0 radical (unpaired) electrons. The molecule has 0 saturated carbocycles. The summed E-state index contributed by atoms with van der Waals surface area (Å²) in [5.74, 6) is 7.89. The molecule has 5 nitrogen and oxygen atoms in total. The van der Waals surface area contributed by atoms with Crippen LogP contribution in [0.2, 0.25) is 0 Å². The van der Waals surface area contributed by atoms with Crippen molar-refractivity contribution < 1.29 is 5.11 Å². The van der Waals surface area contributed by atoms with Gasteiger partial charge in [-0.15, -0.1) is 10.2 Å². The van der Waals surface area contributed by atoms with E-state index in [0.29, 0.717) is 0 Å². The van der Waals surface area contributed by atoms with Crippen LogP contribution in [-0.2, 0) is 19.5 Å². The molecule has 5 heteroatoms. The maximum atomic E-state index is 9.73. The first kappa shape index (κ1) is 19.4. The van der Waals surface area contributed by atoms with Gasteiger partial charge < -0.3 is 9.67 Å². The van der Waals surface area contributed by atoms with E-state index in [-0.39, 0.29) is 0 Å². The van der Waals surface area contributed by atoms with Gasteiger partial charge in [0.25, 0.3) is 0 Å². The lowest BCUT2D eigenvalue weighted by Crippen LogP contribution is -2.26. The summed E-state index contributed by atoms with van der Waals surface area (Å²) in [6, 6.07) is 18.6. The number of nitrogens with zero attached hydrogens (tertiary/aromatic N) is 4. The average Bonchev–Trinajstić information content (AvgIpc) is 3.02. The van der Waals surface area contributed by atoms with Crippen molar-refractivity contribution in [1.29, 1.82) is 0 Å². The molecule has 2 aromatic carbocycles. The molecule has 4 rings (SSSR count). The quantitative estimate of drug-likeness (QED) is 0.703. The van der Waals surface area contributed by atoms with Crippen molar-refractivity contribution in [2.75, 3.05) is 13.1 Å². The lowest BCUT2D eigenvalue weighted by atomic mass is 10.1. The number of hydrogen-bond donors (Lipinski definition) is 1. The first-order valence-corrected chi connectivity index (χ1v) is 10.0. The van der Waals surface area contributed by atoms with Gasteiger partial charge in [0, 0.05) is 43.7 Å². The van der Waals surface area contributed by atoms with Gasteiger partial charge in [-0.05, 0) is 31.5 Å². The minimum Gasteiger partial charge on any atom is -0.378 e. The Hall–Kier alpha value is -2.94. The first-order chi connectivity index (χ1) is 14.0. The molecular weight excluding hydrogens is 360 g/mol. The van der Waals surface area contributed by atoms with Crippen LogP contribution < -0.4 is 0 Å². The Kier molecular flexibility index (Phi) is 5.48. The molecule has 2 heterocycles. The molecule has 0 aliphatic carbocycles. The zero-order valence-corrected chi connectivity index (χ0v) is 17.0. The molecule has 0 saturated heterocycles. The molecule has 0 bridgehead atoms. The van der Waals surface area contributed by atoms with Crippen LogP contribution in [0.4, 0.5) is 0 Å². The second kappa shape index (κ2) is 8.20. The zero-order valence-electron chi connectivity index (χ0n) is 17.0. The molecule has 1 aliphatic heterocycles. The summed E-state index contributed by atoms with van der Waals surface area (Å²) in [5.41, 5.74) is 2.33. The number of aliphatic hydroxyl groups is 1. The van der Waals surface area contributed by atoms with Gasteiger partial charge in [-0.25, -0.2) is 0 Å². The van der Waals surface area contributed by atoms with E-state index in [4.69, 9.17) is 0 Å². The van der Waals surface area contributed by atoms with E-state index >= 15 is 0 Å². The third kappa shape index (κ3) is 4.92. The third-order valence-electron chi connectivity index (χ3n) is 5.02. The highest BCUT2D eigenvalue weighted by molar-refractivity contribution is 5.55. The summed E-state index contributed by atoms with van der Waals surface area (Å²) < 4.78 is 2.25. The van der Waals surface area contributed by atoms with Gasteiger partial charge in [0.05, 0.1) is 0 Å². The van der Waals surface area contributed by atoms with E-state index in [9.17, 15) is 5.11 Å². The van der Waals surface area contributed by atoms with E-state index in [2.05, 4.69) is 55.8 Å². The Balaban J connectivity index is 1.42. The molecule has 1 aromatic heterocycles. The molecule has 0 fully saturated rings. The summed E-state index contributed by atoms with van der Waals surface area (Å²) >= 11 is 0. The Morgan fingerprint density at radius 1 is 0.966 bits per heavy atom. The van der Waals surface area contributed by atoms with Gasteiger partial charge in [-0.2, -0.15) is 0 Å². The Labute approximate surface area is 172 Å². The monoisotopic (exact) mass is 386 g/mol. The summed E-state index contributed by atoms with van der Waals surface area (Å²) in [4.78, 5) is 2.46. The largest absolute Gasteiger partial charge is 0.378 e. The number of aromatic nitrogens is 3. The first-order valence-electron chi connectivity index (χ1n) is 10.0. The highest BCUT2D eigenvalue weighted by Gasteiger charge is 2.19. The number of benzene rings is 2. The summed E-state index contributed by atoms with van der Waals surface area (Å²) in [6.45, 7) is 7.10. The number of fused-ring (bicyclic) bond motifs is 1. The maximum Gasteiger partial charge on any atom is 0.164 e. The number of rotatable bonds is 3. The van der Waals surface area contributed by atoms with Crippen LogP contribution in [0.3, 0.4) is 0 Å². The Bertz CT molecular complexity index is 1020. The van der Waals surface area contributed by atoms with Crippen LogP contribution in [0.25, 0.3) is 11.4 Å². The maximum absolute atomic E-state index is 9.73. The minimum atomic E-state index is -0.969. The van der Waals surface area contributed by atoms with Crippen molar-refractivity contribution in [1.82, 2.24) is 19.7 Å². The Morgan fingerprint density at radius 2 is 1.72 bits per heavy atom. The highest BCUT2D eigenvalue weighted by atomic mass is 16.3. The van der Waals surface area contributed by atoms with Crippen LogP contribution in [0.1, 0.15) is 30.8 Å². The van der Waals surface area contributed by atoms with Crippen LogP contribution in [0.15, 0.2) is 54.6 Å². The predicted octanol–water partition coefficient (Wildman–Crippen LogP) is 3.13. The van der Waals surface area contributed by atoms with Crippen LogP contribution >= 0.6 is 0 Å². The van der Waals surface area contributed by atoms with E-state index in [1.807, 2.05) is 30.3 Å². The van der Waals surface area contributed by atoms with Gasteiger partial charge in [-0.1, -0.05) is 54.3 Å². The zero-order chi connectivity index (χ0) is 20.3. The van der Waals surface area contributed by atoms with Gasteiger partial charge in [0.2, 0.25) is 0 Å². The smallest absolute Gasteiger partial charge is 0.164 e. The van der Waals surface area contributed by atoms with Crippen molar-refractivity contribution in [2.24, 2.45) is 0 Å². The summed E-state index contributed by atoms with van der Waals surface area (Å²) in [6.07, 6.45) is 0.898. The van der Waals surface area contributed by atoms with Crippen molar-refractivity contribution in [3.63, 3.8) is 0 Å². The molecule has 0 atom stereocenters. The van der Waals surface area contributed by atoms with Crippen LogP contribution in [0.5, 0.6) is 0 Å². The van der Waals surface area contributed by atoms with Crippen molar-refractivity contribution in [3.8, 4) is 23.2 Å². The number of hydrogen-bond acceptors (Lipinski definition) is 4. The molecule has 0 spiro atoms. The van der Waals surface area contributed by atoms with E-state index in [0.717, 1.165) is 55.4 Å². The third-order valence-corrected chi connectivity index (χ3v) is 5.02. The fourth-order valence-electron chi connectivity index (χ4n) is 3.50. The predicted molar refractivity (Wildman–Crippen MR) is 114 cm³/mol. The molecule has 1 N–H and O–H groups in total. The van der Waals surface area contributed by atoms with Crippen molar-refractivity contribution >= 4 is 0 Å². The normalized spacial score (nSPS) is 14.6. The molecule has 0 unspecified atom stereocenters. The SMILES string of the molecule is CC(C)(O)C#Cc1ccc(CN2CCc3nnc(-c4ccccc4)n3CC2)cc1. The Morgan fingerprint density at radius 3 is 2.45 bits per heavy atom. The fraction of sp³-hybridized carbons (Fsp3) is 0.333. The lowest BCUT2D eigenvalue weighted by Gasteiger charge is -2.19. The summed E-state index contributed by atoms with van der Waals surface area (Å²) in [5, 5.41) is 18.6. The summed E-state index contributed by atoms with van der Waals surface area (Å²) in [7, 11) is 0. The van der Waals surface area contributed by atoms with Crippen LogP contribution in [0, 0.1) is 11.8 Å². The fourth-order valence-corrected chi connectivity index (χ4v) is 3.50. The van der Waals surface area contributed by atoms with Crippen molar-refractivity contribution in [2.45, 2.75) is 39.0 Å². The van der Waals surface area contributed by atoms with Gasteiger partial charge in [-0.3, -0.25) is 4.90 Å². The van der Waals surface area contributed by atoms with Crippen molar-refractivity contribution in [3.05, 3.63) is 71.5 Å². The molecule has 29 heavy (non-hydrogen) atoms. The van der Waals surface area contributed by atoms with Gasteiger partial charge in [0.15, 0.2) is 5.82 Å². The topological polar surface area (TPSA) is 54.2 Å². The average molecular weight is 386 g/mol. The second-order valence-corrected chi connectivity index (χ2v) is 7.99. The standard InChI is InChI=1S/C24H26N4O/c1-24(2,29)14-12-19-8-10-20(11-9-19)18-27-15-13-22-25-26-23(28(22)17-16-27)21-6-4-3-5-7-21/h3-11,29H,13,15-18H2,1-2H3. The molecule has 0 amide bonds. The van der Waals surface area contributed by atoms with Crippen LogP contribution in [-0.4, -0.2) is 43.5 Å². The molecular formula is C24H26N4O. The minimum absolute atomic E-state index is 0.891. The van der Waals surface area contributed by atoms with E-state index < -0.39 is 5.60 Å². The van der Waals surface area contributed by atoms with Gasteiger partial charge in [0.1, 0.15) is 11.4 Å². The van der Waals surface area contributed by atoms with E-state index in [1.165, 1.54) is 5.56 Å². The molecule has 1 aliphatic rings. The lowest BCUT2D eigenvalue weighted by molar-refractivity contribution is 0.143. The van der Waals surface area contributed by atoms with E-state index in [1.54, 1.807) is 13.8 Å². The van der Waals surface area contributed by atoms with Gasteiger partial charge >= 0.3 is 0 Å². The second-order valence-electron chi connectivity index (χ2n) is 7.99. The molecule has 3 aromatic rings. The molecule has 148 valence electrons. The highest BCUT2D eigenvalue weighted by Crippen LogP contribution is 2.20.